The first kappa shape index (κ1) is 17.8. The predicted octanol–water partition coefficient (Wildman–Crippen LogP) is 3.69. The molecule has 0 bridgehead atoms. The fraction of sp³-hybridized carbons (Fsp3) is 0.278. The van der Waals surface area contributed by atoms with Crippen molar-refractivity contribution in [3.63, 3.8) is 0 Å². The van der Waals surface area contributed by atoms with Gasteiger partial charge in [0.1, 0.15) is 0 Å². The Labute approximate surface area is 146 Å². The van der Waals surface area contributed by atoms with E-state index in [-0.39, 0.29) is 5.91 Å². The van der Waals surface area contributed by atoms with Crippen molar-refractivity contribution in [2.24, 2.45) is 7.05 Å². The Balaban J connectivity index is 2.07. The van der Waals surface area contributed by atoms with Crippen molar-refractivity contribution < 1.29 is 4.79 Å². The summed E-state index contributed by atoms with van der Waals surface area (Å²) < 4.78 is 1.80. The van der Waals surface area contributed by atoms with Gasteiger partial charge in [-0.25, -0.2) is 0 Å². The minimum Gasteiger partial charge on any atom is -0.321 e. The van der Waals surface area contributed by atoms with Crippen LogP contribution in [0.3, 0.4) is 0 Å². The molecule has 0 aliphatic heterocycles. The minimum atomic E-state index is -0.189. The molecule has 0 aliphatic rings. The van der Waals surface area contributed by atoms with Gasteiger partial charge in [-0.1, -0.05) is 12.1 Å². The summed E-state index contributed by atoms with van der Waals surface area (Å²) in [5, 5.41) is 15.9. The number of para-hydroxylation sites is 1. The number of carbonyl (C=O) groups is 1. The third-order valence-electron chi connectivity index (χ3n) is 3.58. The Morgan fingerprint density at radius 3 is 2.83 bits per heavy atom. The lowest BCUT2D eigenvalue weighted by Gasteiger charge is -2.08. The molecule has 0 fully saturated rings. The van der Waals surface area contributed by atoms with Crippen molar-refractivity contribution >= 4 is 29.4 Å². The number of carbonyl (C=O) groups excluding carboxylic acids is 1. The summed E-state index contributed by atoms with van der Waals surface area (Å²) in [6, 6.07) is 9.72. The van der Waals surface area contributed by atoms with Crippen LogP contribution < -0.4 is 5.32 Å². The van der Waals surface area contributed by atoms with Crippen LogP contribution in [-0.4, -0.2) is 21.4 Å². The average Bonchev–Trinajstić information content (AvgIpc) is 2.80. The monoisotopic (exact) mass is 340 g/mol. The third kappa shape index (κ3) is 4.49. The minimum absolute atomic E-state index is 0.189. The predicted molar refractivity (Wildman–Crippen MR) is 97.7 cm³/mol. The Hall–Kier alpha value is -2.52. The normalized spacial score (nSPS) is 10.8. The highest BCUT2D eigenvalue weighted by Gasteiger charge is 2.08. The van der Waals surface area contributed by atoms with Gasteiger partial charge in [0.2, 0.25) is 5.91 Å². The van der Waals surface area contributed by atoms with Gasteiger partial charge in [0, 0.05) is 41.5 Å². The Bertz CT molecular complexity index is 802. The first-order chi connectivity index (χ1) is 11.5. The van der Waals surface area contributed by atoms with Crippen molar-refractivity contribution in [2.45, 2.75) is 25.2 Å². The van der Waals surface area contributed by atoms with Crippen LogP contribution in [-0.2, 0) is 11.8 Å². The third-order valence-corrected chi connectivity index (χ3v) is 4.66. The van der Waals surface area contributed by atoms with Crippen molar-refractivity contribution in [2.75, 3.05) is 11.1 Å². The van der Waals surface area contributed by atoms with Crippen LogP contribution in [0.4, 0.5) is 5.69 Å². The molecule has 0 radical (unpaired) electrons. The highest BCUT2D eigenvalue weighted by Crippen LogP contribution is 2.27. The SMILES string of the molecule is Cc1nn(C)c(C)c1C=CC(=O)Nc1ccccc1SCCC#N. The second-order valence-electron chi connectivity index (χ2n) is 5.28. The average molecular weight is 340 g/mol. The second kappa shape index (κ2) is 8.37. The quantitative estimate of drug-likeness (QED) is 0.494. The van der Waals surface area contributed by atoms with E-state index in [1.165, 1.54) is 6.08 Å². The van der Waals surface area contributed by atoms with E-state index in [1.54, 1.807) is 22.5 Å². The molecular formula is C18H20N4OS. The van der Waals surface area contributed by atoms with Crippen LogP contribution in [0.2, 0.25) is 0 Å². The number of aromatic nitrogens is 2. The van der Waals surface area contributed by atoms with E-state index in [1.807, 2.05) is 45.2 Å². The first-order valence-electron chi connectivity index (χ1n) is 7.61. The van der Waals surface area contributed by atoms with Crippen LogP contribution in [0.1, 0.15) is 23.4 Å². The van der Waals surface area contributed by atoms with E-state index in [9.17, 15) is 4.79 Å². The van der Waals surface area contributed by atoms with Gasteiger partial charge in [0.25, 0.3) is 0 Å². The summed E-state index contributed by atoms with van der Waals surface area (Å²) in [6.45, 7) is 3.89. The molecule has 124 valence electrons. The maximum Gasteiger partial charge on any atom is 0.248 e. The van der Waals surface area contributed by atoms with Crippen molar-refractivity contribution in [1.29, 1.82) is 5.26 Å². The fourth-order valence-electron chi connectivity index (χ4n) is 2.27. The number of nitrogens with one attached hydrogen (secondary N) is 1. The molecule has 1 amide bonds. The molecule has 24 heavy (non-hydrogen) atoms. The van der Waals surface area contributed by atoms with Crippen LogP contribution >= 0.6 is 11.8 Å². The zero-order valence-electron chi connectivity index (χ0n) is 14.0. The molecule has 0 saturated carbocycles. The van der Waals surface area contributed by atoms with Gasteiger partial charge in [0.15, 0.2) is 0 Å². The molecule has 2 aromatic rings. The van der Waals surface area contributed by atoms with Gasteiger partial charge in [-0.2, -0.15) is 10.4 Å². The number of rotatable bonds is 6. The van der Waals surface area contributed by atoms with E-state index < -0.39 is 0 Å². The lowest BCUT2D eigenvalue weighted by Crippen LogP contribution is -2.08. The van der Waals surface area contributed by atoms with E-state index in [0.717, 1.165) is 27.5 Å². The summed E-state index contributed by atoms with van der Waals surface area (Å²) in [5.41, 5.74) is 3.63. The second-order valence-corrected chi connectivity index (χ2v) is 6.42. The largest absolute Gasteiger partial charge is 0.321 e. The molecule has 1 N–H and O–H groups in total. The molecule has 1 aromatic carbocycles. The number of nitrogens with zero attached hydrogens (tertiary/aromatic N) is 3. The van der Waals surface area contributed by atoms with Crippen LogP contribution in [0.25, 0.3) is 6.08 Å². The topological polar surface area (TPSA) is 70.7 Å². The van der Waals surface area contributed by atoms with Gasteiger partial charge in [-0.3, -0.25) is 9.48 Å². The molecule has 2 rings (SSSR count). The lowest BCUT2D eigenvalue weighted by molar-refractivity contribution is -0.111. The molecule has 1 heterocycles. The summed E-state index contributed by atoms with van der Waals surface area (Å²) in [6.07, 6.45) is 3.79. The molecule has 6 heteroatoms. The van der Waals surface area contributed by atoms with Crippen LogP contribution in [0.15, 0.2) is 35.2 Å². The highest BCUT2D eigenvalue weighted by atomic mass is 32.2. The van der Waals surface area contributed by atoms with Gasteiger partial charge < -0.3 is 5.32 Å². The summed E-state index contributed by atoms with van der Waals surface area (Å²) in [4.78, 5) is 13.2. The van der Waals surface area contributed by atoms with Gasteiger partial charge in [-0.15, -0.1) is 11.8 Å². The zero-order chi connectivity index (χ0) is 17.5. The molecule has 0 aliphatic carbocycles. The molecule has 0 atom stereocenters. The standard InChI is InChI=1S/C18H20N4OS/c1-13-15(14(2)22(3)21-13)9-10-18(23)20-16-7-4-5-8-17(16)24-12-6-11-19/h4-5,7-10H,6,12H2,1-3H3,(H,20,23). The molecular weight excluding hydrogens is 320 g/mol. The lowest BCUT2D eigenvalue weighted by atomic mass is 10.2. The van der Waals surface area contributed by atoms with Crippen LogP contribution in [0.5, 0.6) is 0 Å². The van der Waals surface area contributed by atoms with E-state index in [0.29, 0.717) is 12.2 Å². The number of thioether (sulfide) groups is 1. The number of hydrogen-bond acceptors (Lipinski definition) is 4. The first-order valence-corrected chi connectivity index (χ1v) is 8.59. The van der Waals surface area contributed by atoms with Crippen molar-refractivity contribution in [3.8, 4) is 6.07 Å². The number of amides is 1. The maximum atomic E-state index is 12.2. The summed E-state index contributed by atoms with van der Waals surface area (Å²) >= 11 is 1.56. The number of benzene rings is 1. The smallest absolute Gasteiger partial charge is 0.248 e. The molecule has 0 unspecified atom stereocenters. The molecule has 1 aromatic heterocycles. The molecule has 0 saturated heterocycles. The number of aryl methyl sites for hydroxylation is 2. The summed E-state index contributed by atoms with van der Waals surface area (Å²) in [7, 11) is 1.88. The number of hydrogen-bond donors (Lipinski definition) is 1. The zero-order valence-corrected chi connectivity index (χ0v) is 14.9. The van der Waals surface area contributed by atoms with Gasteiger partial charge in [-0.05, 0) is 32.1 Å². The van der Waals surface area contributed by atoms with E-state index >= 15 is 0 Å². The fourth-order valence-corrected chi connectivity index (χ4v) is 3.13. The van der Waals surface area contributed by atoms with Gasteiger partial charge in [0.05, 0.1) is 17.5 Å². The van der Waals surface area contributed by atoms with Crippen LogP contribution in [0, 0.1) is 25.2 Å². The Morgan fingerprint density at radius 2 is 2.17 bits per heavy atom. The Kier molecular flexibility index (Phi) is 6.21. The highest BCUT2D eigenvalue weighted by molar-refractivity contribution is 7.99. The van der Waals surface area contributed by atoms with E-state index in [2.05, 4.69) is 16.5 Å². The maximum absolute atomic E-state index is 12.2. The molecule has 5 nitrogen and oxygen atoms in total. The summed E-state index contributed by atoms with van der Waals surface area (Å²) in [5.74, 6) is 0.513. The van der Waals surface area contributed by atoms with Gasteiger partial charge >= 0.3 is 0 Å². The van der Waals surface area contributed by atoms with Crippen molar-refractivity contribution in [1.82, 2.24) is 9.78 Å². The van der Waals surface area contributed by atoms with Crippen molar-refractivity contribution in [3.05, 3.63) is 47.3 Å². The van der Waals surface area contributed by atoms with E-state index in [4.69, 9.17) is 5.26 Å². The number of anilines is 1. The molecule has 0 spiro atoms. The number of nitriles is 1. The Morgan fingerprint density at radius 1 is 1.42 bits per heavy atom.